The van der Waals surface area contributed by atoms with Gasteiger partial charge in [-0.05, 0) is 50.3 Å². The molecule has 3 N–H and O–H groups in total. The predicted octanol–water partition coefficient (Wildman–Crippen LogP) is 2.52. The Balaban J connectivity index is 2.61. The summed E-state index contributed by atoms with van der Waals surface area (Å²) in [7, 11) is 0. The number of hydrogen-bond donors (Lipinski definition) is 3. The van der Waals surface area contributed by atoms with Crippen molar-refractivity contribution in [2.75, 3.05) is 0 Å². The molecule has 0 aliphatic rings. The van der Waals surface area contributed by atoms with Crippen LogP contribution in [0.25, 0.3) is 0 Å². The van der Waals surface area contributed by atoms with E-state index in [0.717, 1.165) is 12.0 Å². The topological polar surface area (TPSA) is 87.3 Å². The molecule has 0 aromatic heterocycles. The van der Waals surface area contributed by atoms with E-state index < -0.39 is 18.0 Å². The first-order valence-electron chi connectivity index (χ1n) is 9.47. The summed E-state index contributed by atoms with van der Waals surface area (Å²) in [5.41, 5.74) is 1.63. The monoisotopic (exact) mass is 375 g/mol. The molecule has 3 unspecified atom stereocenters. The minimum Gasteiger partial charge on any atom is -0.352 e. The van der Waals surface area contributed by atoms with Crippen molar-refractivity contribution in [1.29, 1.82) is 0 Å². The van der Waals surface area contributed by atoms with Crippen molar-refractivity contribution >= 4 is 17.7 Å². The third-order valence-corrected chi connectivity index (χ3v) is 4.51. The van der Waals surface area contributed by atoms with Gasteiger partial charge in [0, 0.05) is 11.6 Å². The van der Waals surface area contributed by atoms with Crippen molar-refractivity contribution < 1.29 is 14.4 Å². The lowest BCUT2D eigenvalue weighted by atomic mass is 9.86. The van der Waals surface area contributed by atoms with Gasteiger partial charge in [0.05, 0.1) is 0 Å². The lowest BCUT2D eigenvalue weighted by molar-refractivity contribution is -0.129. The predicted molar refractivity (Wildman–Crippen MR) is 108 cm³/mol. The molecule has 0 fully saturated rings. The molecule has 0 aliphatic heterocycles. The SMILES string of the molecule is CCC(C)NC(=O)C(C)NC(=O)C(C)NC(=O)c1ccc(C(C)(C)C)cc1. The van der Waals surface area contributed by atoms with Crippen LogP contribution in [0.2, 0.25) is 0 Å². The van der Waals surface area contributed by atoms with Gasteiger partial charge in [0.1, 0.15) is 12.1 Å². The highest BCUT2D eigenvalue weighted by atomic mass is 16.2. The van der Waals surface area contributed by atoms with Crippen LogP contribution in [0, 0.1) is 0 Å². The first kappa shape index (κ1) is 22.7. The summed E-state index contributed by atoms with van der Waals surface area (Å²) in [4.78, 5) is 36.6. The fraction of sp³-hybridized carbons (Fsp3) is 0.571. The number of carbonyl (C=O) groups excluding carboxylic acids is 3. The first-order chi connectivity index (χ1) is 12.5. The van der Waals surface area contributed by atoms with Crippen LogP contribution in [0.5, 0.6) is 0 Å². The zero-order valence-electron chi connectivity index (χ0n) is 17.5. The molecule has 0 radical (unpaired) electrons. The molecule has 1 aromatic rings. The minimum absolute atomic E-state index is 0.00810. The molecule has 0 saturated carbocycles. The van der Waals surface area contributed by atoms with Gasteiger partial charge in [-0.1, -0.05) is 39.8 Å². The van der Waals surface area contributed by atoms with Crippen LogP contribution in [0.4, 0.5) is 0 Å². The Morgan fingerprint density at radius 3 is 1.81 bits per heavy atom. The van der Waals surface area contributed by atoms with Gasteiger partial charge in [-0.15, -0.1) is 0 Å². The van der Waals surface area contributed by atoms with E-state index in [0.29, 0.717) is 5.56 Å². The number of rotatable bonds is 7. The zero-order valence-corrected chi connectivity index (χ0v) is 17.5. The van der Waals surface area contributed by atoms with E-state index in [9.17, 15) is 14.4 Å². The standard InChI is InChI=1S/C21H33N3O3/c1-8-13(2)22-18(25)14(3)23-19(26)15(4)24-20(27)16-9-11-17(12-10-16)21(5,6)7/h9-15H,8H2,1-7H3,(H,22,25)(H,23,26)(H,24,27). The van der Waals surface area contributed by atoms with Crippen molar-refractivity contribution in [3.8, 4) is 0 Å². The quantitative estimate of drug-likeness (QED) is 0.684. The molecular formula is C21H33N3O3. The molecule has 3 amide bonds. The molecule has 1 aromatic carbocycles. The van der Waals surface area contributed by atoms with Crippen LogP contribution in [-0.4, -0.2) is 35.8 Å². The maximum atomic E-state index is 12.4. The molecule has 6 heteroatoms. The van der Waals surface area contributed by atoms with E-state index >= 15 is 0 Å². The van der Waals surface area contributed by atoms with E-state index in [-0.39, 0.29) is 23.3 Å². The second kappa shape index (κ2) is 9.53. The fourth-order valence-electron chi connectivity index (χ4n) is 2.34. The van der Waals surface area contributed by atoms with Gasteiger partial charge in [0.2, 0.25) is 11.8 Å². The summed E-state index contributed by atoms with van der Waals surface area (Å²) in [6.45, 7) is 13.4. The molecule has 27 heavy (non-hydrogen) atoms. The summed E-state index contributed by atoms with van der Waals surface area (Å²) in [6.07, 6.45) is 0.812. The van der Waals surface area contributed by atoms with Crippen LogP contribution in [0.15, 0.2) is 24.3 Å². The van der Waals surface area contributed by atoms with Crippen LogP contribution in [-0.2, 0) is 15.0 Å². The Kier molecular flexibility index (Phi) is 8.00. The molecule has 3 atom stereocenters. The average Bonchev–Trinajstić information content (AvgIpc) is 2.60. The number of nitrogens with one attached hydrogen (secondary N) is 3. The summed E-state index contributed by atoms with van der Waals surface area (Å²) < 4.78 is 0. The highest BCUT2D eigenvalue weighted by molar-refractivity contribution is 5.98. The Morgan fingerprint density at radius 1 is 0.852 bits per heavy atom. The van der Waals surface area contributed by atoms with Crippen LogP contribution < -0.4 is 16.0 Å². The highest BCUT2D eigenvalue weighted by Crippen LogP contribution is 2.22. The molecule has 0 spiro atoms. The van der Waals surface area contributed by atoms with E-state index in [1.54, 1.807) is 26.0 Å². The number of carbonyl (C=O) groups is 3. The van der Waals surface area contributed by atoms with Crippen LogP contribution >= 0.6 is 0 Å². The van der Waals surface area contributed by atoms with E-state index in [2.05, 4.69) is 36.7 Å². The van der Waals surface area contributed by atoms with Crippen molar-refractivity contribution in [2.24, 2.45) is 0 Å². The van der Waals surface area contributed by atoms with Gasteiger partial charge in [0.25, 0.3) is 5.91 Å². The summed E-state index contributed by atoms with van der Waals surface area (Å²) in [6, 6.07) is 5.97. The largest absolute Gasteiger partial charge is 0.352 e. The lowest BCUT2D eigenvalue weighted by Gasteiger charge is -2.21. The number of amides is 3. The molecule has 0 aliphatic carbocycles. The Labute approximate surface area is 162 Å². The third kappa shape index (κ3) is 7.04. The smallest absolute Gasteiger partial charge is 0.251 e. The highest BCUT2D eigenvalue weighted by Gasteiger charge is 2.22. The Hall–Kier alpha value is -2.37. The molecule has 150 valence electrons. The zero-order chi connectivity index (χ0) is 20.8. The number of benzene rings is 1. The van der Waals surface area contributed by atoms with Gasteiger partial charge in [0.15, 0.2) is 0 Å². The Bertz CT molecular complexity index is 662. The van der Waals surface area contributed by atoms with Gasteiger partial charge in [-0.2, -0.15) is 0 Å². The first-order valence-corrected chi connectivity index (χ1v) is 9.47. The van der Waals surface area contributed by atoms with Crippen molar-refractivity contribution in [3.63, 3.8) is 0 Å². The van der Waals surface area contributed by atoms with Crippen molar-refractivity contribution in [2.45, 2.75) is 78.4 Å². The van der Waals surface area contributed by atoms with E-state index in [1.165, 1.54) is 0 Å². The fourth-order valence-corrected chi connectivity index (χ4v) is 2.34. The van der Waals surface area contributed by atoms with Crippen LogP contribution in [0.1, 0.15) is 70.8 Å². The average molecular weight is 376 g/mol. The molecule has 0 saturated heterocycles. The normalized spacial score (nSPS) is 14.6. The molecular weight excluding hydrogens is 342 g/mol. The molecule has 6 nitrogen and oxygen atoms in total. The van der Waals surface area contributed by atoms with Crippen molar-refractivity contribution in [1.82, 2.24) is 16.0 Å². The van der Waals surface area contributed by atoms with E-state index in [4.69, 9.17) is 0 Å². The van der Waals surface area contributed by atoms with Crippen LogP contribution in [0.3, 0.4) is 0 Å². The van der Waals surface area contributed by atoms with Gasteiger partial charge < -0.3 is 16.0 Å². The number of hydrogen-bond acceptors (Lipinski definition) is 3. The summed E-state index contributed by atoms with van der Waals surface area (Å²) in [5, 5.41) is 8.11. The van der Waals surface area contributed by atoms with Crippen molar-refractivity contribution in [3.05, 3.63) is 35.4 Å². The Morgan fingerprint density at radius 2 is 1.33 bits per heavy atom. The van der Waals surface area contributed by atoms with Gasteiger partial charge in [-0.25, -0.2) is 0 Å². The molecule has 0 heterocycles. The second-order valence-corrected chi connectivity index (χ2v) is 8.07. The maximum Gasteiger partial charge on any atom is 0.251 e. The van der Waals surface area contributed by atoms with E-state index in [1.807, 2.05) is 26.0 Å². The third-order valence-electron chi connectivity index (χ3n) is 4.51. The van der Waals surface area contributed by atoms with Gasteiger partial charge >= 0.3 is 0 Å². The second-order valence-electron chi connectivity index (χ2n) is 8.07. The molecule has 1 rings (SSSR count). The summed E-state index contributed by atoms with van der Waals surface area (Å²) in [5.74, 6) is -0.967. The lowest BCUT2D eigenvalue weighted by Crippen LogP contribution is -2.52. The molecule has 0 bridgehead atoms. The summed E-state index contributed by atoms with van der Waals surface area (Å²) >= 11 is 0. The maximum absolute atomic E-state index is 12.4. The minimum atomic E-state index is -0.751. The van der Waals surface area contributed by atoms with Gasteiger partial charge in [-0.3, -0.25) is 14.4 Å².